The Kier molecular flexibility index (Phi) is 10.7. The van der Waals surface area contributed by atoms with E-state index in [0.29, 0.717) is 0 Å². The molecule has 10 N–H and O–H groups in total. The van der Waals surface area contributed by atoms with Crippen molar-refractivity contribution >= 4 is 31.4 Å². The Morgan fingerprint density at radius 3 is 2.44 bits per heavy atom. The van der Waals surface area contributed by atoms with Gasteiger partial charge in [0.05, 0.1) is 30.9 Å². The number of amides is 2. The Bertz CT molecular complexity index is 1290. The van der Waals surface area contributed by atoms with Gasteiger partial charge < -0.3 is 60.8 Å². The van der Waals surface area contributed by atoms with Gasteiger partial charge in [-0.2, -0.15) is 4.98 Å². The van der Waals surface area contributed by atoms with Crippen LogP contribution in [0.25, 0.3) is 0 Å². The van der Waals surface area contributed by atoms with E-state index in [9.17, 15) is 44.2 Å². The number of nitrogen functional groups attached to an aromatic ring is 1. The van der Waals surface area contributed by atoms with Crippen LogP contribution in [0.2, 0.25) is 0 Å². The van der Waals surface area contributed by atoms with Gasteiger partial charge in [-0.3, -0.25) is 18.7 Å². The SMILES string of the molecule is CC(=O)N[C@@H](C1O[C@](O[C@@H]2[C@H](O)[C@@H](COP(=O)(O)O)O[C@H]2n2ccc(N)nc2=O)(C(=O)O)C[C@H](O)[C@H]1NC(C)=O)[C@@H](C)O. The minimum Gasteiger partial charge on any atom is -0.477 e. The van der Waals surface area contributed by atoms with Gasteiger partial charge in [0.25, 0.3) is 5.79 Å². The maximum Gasteiger partial charge on any atom is 0.469 e. The molecule has 0 aliphatic carbocycles. The second-order valence-electron chi connectivity index (χ2n) is 10.1. The van der Waals surface area contributed by atoms with E-state index >= 15 is 0 Å². The molecular weight excluding hydrogens is 605 g/mol. The maximum absolute atomic E-state index is 12.8. The molecule has 242 valence electrons. The number of phosphoric acid groups is 1. The average molecular weight is 640 g/mol. The quantitative estimate of drug-likeness (QED) is 0.104. The Hall–Kier alpha value is -3.04. The lowest BCUT2D eigenvalue weighted by Gasteiger charge is -2.48. The van der Waals surface area contributed by atoms with Crippen molar-refractivity contribution in [3.05, 3.63) is 22.7 Å². The first kappa shape index (κ1) is 34.5. The van der Waals surface area contributed by atoms with Crippen LogP contribution in [0.4, 0.5) is 5.82 Å². The van der Waals surface area contributed by atoms with E-state index in [1.54, 1.807) is 0 Å². The molecule has 2 aliphatic heterocycles. The number of aliphatic hydroxyl groups excluding tert-OH is 3. The van der Waals surface area contributed by atoms with Crippen LogP contribution in [0, 0.1) is 0 Å². The molecule has 2 amide bonds. The van der Waals surface area contributed by atoms with Gasteiger partial charge in [-0.1, -0.05) is 0 Å². The van der Waals surface area contributed by atoms with Crippen molar-refractivity contribution in [3.63, 3.8) is 0 Å². The Morgan fingerprint density at radius 1 is 1.28 bits per heavy atom. The topological polar surface area (TPSA) is 312 Å². The summed E-state index contributed by atoms with van der Waals surface area (Å²) in [7, 11) is -5.08. The molecule has 2 fully saturated rings. The van der Waals surface area contributed by atoms with Gasteiger partial charge in [0.15, 0.2) is 6.23 Å². The zero-order valence-corrected chi connectivity index (χ0v) is 23.9. The van der Waals surface area contributed by atoms with Crippen molar-refractivity contribution in [1.29, 1.82) is 0 Å². The molecule has 1 unspecified atom stereocenters. The van der Waals surface area contributed by atoms with Crippen LogP contribution < -0.4 is 22.1 Å². The van der Waals surface area contributed by atoms with Crippen LogP contribution >= 0.6 is 7.82 Å². The lowest BCUT2D eigenvalue weighted by molar-refractivity contribution is -0.324. The van der Waals surface area contributed by atoms with Gasteiger partial charge >= 0.3 is 19.5 Å². The lowest BCUT2D eigenvalue weighted by Crippen LogP contribution is -2.70. The molecule has 43 heavy (non-hydrogen) atoms. The van der Waals surface area contributed by atoms with Gasteiger partial charge in [-0.25, -0.2) is 14.2 Å². The molecule has 1 aromatic rings. The lowest BCUT2D eigenvalue weighted by atomic mass is 9.87. The largest absolute Gasteiger partial charge is 0.477 e. The number of phosphoric ester groups is 1. The van der Waals surface area contributed by atoms with Gasteiger partial charge in [-0.05, 0) is 13.0 Å². The first-order valence-corrected chi connectivity index (χ1v) is 14.3. The highest BCUT2D eigenvalue weighted by molar-refractivity contribution is 7.46. The molecule has 0 saturated carbocycles. The molecule has 1 aromatic heterocycles. The molecule has 3 rings (SSSR count). The van der Waals surface area contributed by atoms with Crippen LogP contribution in [-0.4, -0.2) is 119 Å². The molecule has 0 spiro atoms. The van der Waals surface area contributed by atoms with Crippen molar-refractivity contribution in [2.24, 2.45) is 0 Å². The van der Waals surface area contributed by atoms with Crippen LogP contribution in [0.15, 0.2) is 17.1 Å². The fraction of sp³-hybridized carbons (Fsp3) is 0.682. The normalized spacial score (nSPS) is 32.5. The summed E-state index contributed by atoms with van der Waals surface area (Å²) >= 11 is 0. The van der Waals surface area contributed by atoms with Gasteiger partial charge in [0.1, 0.15) is 30.2 Å². The third-order valence-electron chi connectivity index (χ3n) is 6.68. The molecular formula is C22H34N5O15P. The zero-order chi connectivity index (χ0) is 32.4. The number of ether oxygens (including phenoxy) is 3. The number of hydrogen-bond acceptors (Lipinski definition) is 14. The fourth-order valence-electron chi connectivity index (χ4n) is 4.86. The summed E-state index contributed by atoms with van der Waals surface area (Å²) in [5, 5.41) is 47.6. The van der Waals surface area contributed by atoms with E-state index in [0.717, 1.165) is 30.7 Å². The smallest absolute Gasteiger partial charge is 0.469 e. The van der Waals surface area contributed by atoms with Gasteiger partial charge in [-0.15, -0.1) is 0 Å². The summed E-state index contributed by atoms with van der Waals surface area (Å²) < 4.78 is 33.6. The molecule has 21 heteroatoms. The van der Waals surface area contributed by atoms with Crippen molar-refractivity contribution in [3.8, 4) is 0 Å². The molecule has 10 atom stereocenters. The predicted molar refractivity (Wildman–Crippen MR) is 138 cm³/mol. The highest BCUT2D eigenvalue weighted by atomic mass is 31.2. The number of hydrogen-bond donors (Lipinski definition) is 9. The number of nitrogens with zero attached hydrogens (tertiary/aromatic N) is 2. The summed E-state index contributed by atoms with van der Waals surface area (Å²) in [6.45, 7) is 2.49. The van der Waals surface area contributed by atoms with E-state index < -0.39 is 105 Å². The maximum atomic E-state index is 12.8. The van der Waals surface area contributed by atoms with Gasteiger partial charge in [0.2, 0.25) is 11.8 Å². The van der Waals surface area contributed by atoms with Crippen molar-refractivity contribution in [1.82, 2.24) is 20.2 Å². The number of rotatable bonds is 11. The summed E-state index contributed by atoms with van der Waals surface area (Å²) in [4.78, 5) is 71.0. The van der Waals surface area contributed by atoms with Crippen molar-refractivity contribution in [2.75, 3.05) is 12.3 Å². The Balaban J connectivity index is 2.09. The monoisotopic (exact) mass is 639 g/mol. The number of aliphatic carboxylic acids is 1. The number of aromatic nitrogens is 2. The average Bonchev–Trinajstić information content (AvgIpc) is 3.16. The van der Waals surface area contributed by atoms with E-state index in [4.69, 9.17) is 29.7 Å². The standard InChI is InChI=1S/C22H34N5O15P/c1-8(28)14(24-9(2)29)17-15(25-10(3)30)11(31)6-22(41-17,20(33)34)42-18-16(32)12(7-39-43(36,37)38)40-19(18)27-5-4-13(23)26-21(27)35/h4-5,8,11-12,14-19,28,31-32H,6-7H2,1-3H3,(H,24,29)(H,25,30)(H,33,34)(H2,23,26,35)(H2,36,37,38)/t8-,11+,12-,14-,15-,16-,17?,18-,19-,22-/m1/s1. The molecule has 2 saturated heterocycles. The van der Waals surface area contributed by atoms with Gasteiger partial charge in [0, 0.05) is 26.5 Å². The summed E-state index contributed by atoms with van der Waals surface area (Å²) in [5.74, 6) is -6.30. The van der Waals surface area contributed by atoms with Crippen molar-refractivity contribution < 1.29 is 67.9 Å². The fourth-order valence-corrected chi connectivity index (χ4v) is 5.21. The summed E-state index contributed by atoms with van der Waals surface area (Å²) in [6.07, 6.45) is -11.8. The number of carboxylic acids is 1. The number of anilines is 1. The third kappa shape index (κ3) is 8.12. The number of nitrogens with two attached hydrogens (primary N) is 1. The second kappa shape index (κ2) is 13.3. The molecule has 0 bridgehead atoms. The van der Waals surface area contributed by atoms with E-state index in [2.05, 4.69) is 20.1 Å². The minimum absolute atomic E-state index is 0.201. The third-order valence-corrected chi connectivity index (χ3v) is 7.17. The number of aliphatic hydroxyl groups is 3. The van der Waals surface area contributed by atoms with Crippen LogP contribution in [-0.2, 0) is 37.7 Å². The first-order valence-electron chi connectivity index (χ1n) is 12.7. The molecule has 3 heterocycles. The molecule has 0 radical (unpaired) electrons. The highest BCUT2D eigenvalue weighted by Crippen LogP contribution is 2.42. The number of carbonyl (C=O) groups excluding carboxylic acids is 2. The van der Waals surface area contributed by atoms with E-state index in [1.807, 2.05) is 0 Å². The number of carbonyl (C=O) groups is 3. The zero-order valence-electron chi connectivity index (χ0n) is 23.0. The van der Waals surface area contributed by atoms with Crippen LogP contribution in [0.1, 0.15) is 33.4 Å². The van der Waals surface area contributed by atoms with E-state index in [-0.39, 0.29) is 5.82 Å². The molecule has 20 nitrogen and oxygen atoms in total. The van der Waals surface area contributed by atoms with Crippen LogP contribution in [0.3, 0.4) is 0 Å². The number of carboxylic acid groups (broad SMARTS) is 1. The summed E-state index contributed by atoms with van der Waals surface area (Å²) in [5.41, 5.74) is 4.49. The van der Waals surface area contributed by atoms with Crippen LogP contribution in [0.5, 0.6) is 0 Å². The molecule has 2 aliphatic rings. The summed E-state index contributed by atoms with van der Waals surface area (Å²) in [6, 6.07) is -1.63. The molecule has 0 aromatic carbocycles. The minimum atomic E-state index is -5.08. The highest BCUT2D eigenvalue weighted by Gasteiger charge is 2.60. The first-order chi connectivity index (χ1) is 19.8. The van der Waals surface area contributed by atoms with Crippen molar-refractivity contribution in [2.45, 2.75) is 87.9 Å². The Morgan fingerprint density at radius 2 is 1.93 bits per heavy atom. The second-order valence-corrected chi connectivity index (χ2v) is 11.3. The van der Waals surface area contributed by atoms with E-state index in [1.165, 1.54) is 6.92 Å². The predicted octanol–water partition coefficient (Wildman–Crippen LogP) is -4.10. The number of nitrogens with one attached hydrogen (secondary N) is 2. The Labute approximate surface area is 242 Å².